The van der Waals surface area contributed by atoms with Crippen LogP contribution in [0, 0.1) is 0 Å². The van der Waals surface area contributed by atoms with Gasteiger partial charge in [-0.05, 0) is 17.2 Å². The van der Waals surface area contributed by atoms with Crippen LogP contribution in [0.15, 0.2) is 18.2 Å². The van der Waals surface area contributed by atoms with Gasteiger partial charge in [0.15, 0.2) is 0 Å². The van der Waals surface area contributed by atoms with Gasteiger partial charge in [0.2, 0.25) is 8.03 Å². The highest BCUT2D eigenvalue weighted by molar-refractivity contribution is 7.47. The summed E-state index contributed by atoms with van der Waals surface area (Å²) in [5.74, 6) is 0. The summed E-state index contributed by atoms with van der Waals surface area (Å²) in [4.78, 5) is 8.92. The quantitative estimate of drug-likeness (QED) is 0.688. The Bertz CT molecular complexity index is 480. The molecule has 0 aliphatic carbocycles. The third-order valence-electron chi connectivity index (χ3n) is 2.27. The first-order valence-corrected chi connectivity index (χ1v) is 6.33. The molecule has 0 bridgehead atoms. The fourth-order valence-corrected chi connectivity index (χ4v) is 2.37. The molecule has 0 aromatic heterocycles. The fraction of sp³-hybridized carbons (Fsp3) is 0.400. The Hall–Kier alpha value is -1.01. The molecule has 1 aromatic carbocycles. The van der Waals surface area contributed by atoms with Crippen LogP contribution >= 0.6 is 8.03 Å². The highest BCUT2D eigenvalue weighted by Crippen LogP contribution is 2.30. The molecule has 0 aliphatic heterocycles. The lowest BCUT2D eigenvalue weighted by Gasteiger charge is -2.16. The molecule has 0 fully saturated rings. The Balaban J connectivity index is 3.30. The smallest absolute Gasteiger partial charge is 0.343 e. The van der Waals surface area contributed by atoms with Crippen LogP contribution in [0.1, 0.15) is 11.1 Å². The van der Waals surface area contributed by atoms with Crippen LogP contribution < -0.4 is 5.30 Å². The number of halogens is 6. The third-order valence-corrected chi connectivity index (χ3v) is 3.20. The highest BCUT2D eigenvalue weighted by Gasteiger charge is 2.34. The van der Waals surface area contributed by atoms with Crippen molar-refractivity contribution in [2.45, 2.75) is 25.2 Å². The van der Waals surface area contributed by atoms with Gasteiger partial charge >= 0.3 is 12.4 Å². The molecule has 0 radical (unpaired) electrons. The normalized spacial score (nSPS) is 14.5. The predicted octanol–water partition coefficient (Wildman–Crippen LogP) is 2.99. The zero-order chi connectivity index (χ0) is 14.8. The second-order valence-corrected chi connectivity index (χ2v) is 4.98. The van der Waals surface area contributed by atoms with Crippen LogP contribution in [0.5, 0.6) is 0 Å². The molecule has 0 aliphatic rings. The number of alkyl halides is 6. The fourth-order valence-electron chi connectivity index (χ4n) is 1.63. The Morgan fingerprint density at radius 2 is 1.53 bits per heavy atom. The van der Waals surface area contributed by atoms with Gasteiger partial charge in [-0.15, -0.1) is 0 Å². The van der Waals surface area contributed by atoms with Crippen molar-refractivity contribution >= 4 is 13.3 Å². The summed E-state index contributed by atoms with van der Waals surface area (Å²) in [5, 5.41) is -0.580. The minimum absolute atomic E-state index is 0.580. The second-order valence-electron chi connectivity index (χ2n) is 3.83. The maximum atomic E-state index is 12.3. The van der Waals surface area contributed by atoms with E-state index in [0.29, 0.717) is 0 Å². The summed E-state index contributed by atoms with van der Waals surface area (Å²) in [6.07, 6.45) is -12.7. The molecular formula is C10H9F6O2P. The van der Waals surface area contributed by atoms with E-state index in [4.69, 9.17) is 4.89 Å². The van der Waals surface area contributed by atoms with Gasteiger partial charge in [0, 0.05) is 5.30 Å². The van der Waals surface area contributed by atoms with Crippen molar-refractivity contribution in [3.8, 4) is 0 Å². The SMILES string of the molecule is O=[PH](O)c1cccc(CC(F)(F)F)c1CC(F)(F)F. The number of rotatable bonds is 3. The van der Waals surface area contributed by atoms with E-state index in [1.165, 1.54) is 0 Å². The second kappa shape index (κ2) is 5.54. The molecule has 0 heterocycles. The number of hydrogen-bond donors (Lipinski definition) is 1. The first-order chi connectivity index (χ1) is 8.49. The molecule has 0 saturated carbocycles. The third kappa shape index (κ3) is 5.24. The zero-order valence-corrected chi connectivity index (χ0v) is 10.3. The molecule has 108 valence electrons. The van der Waals surface area contributed by atoms with Crippen molar-refractivity contribution < 1.29 is 35.8 Å². The molecule has 1 unspecified atom stereocenters. The van der Waals surface area contributed by atoms with Crippen molar-refractivity contribution in [3.05, 3.63) is 29.3 Å². The topological polar surface area (TPSA) is 37.3 Å². The summed E-state index contributed by atoms with van der Waals surface area (Å²) in [7, 11) is -3.51. The summed E-state index contributed by atoms with van der Waals surface area (Å²) >= 11 is 0. The van der Waals surface area contributed by atoms with Crippen LogP contribution in [-0.4, -0.2) is 17.2 Å². The number of hydrogen-bond acceptors (Lipinski definition) is 1. The van der Waals surface area contributed by atoms with Crippen LogP contribution in [0.25, 0.3) is 0 Å². The van der Waals surface area contributed by atoms with Crippen molar-refractivity contribution in [2.75, 3.05) is 0 Å². The molecule has 2 nitrogen and oxygen atoms in total. The lowest BCUT2D eigenvalue weighted by atomic mass is 10.0. The Morgan fingerprint density at radius 1 is 1.00 bits per heavy atom. The van der Waals surface area contributed by atoms with Crippen LogP contribution in [0.4, 0.5) is 26.3 Å². The molecule has 9 heteroatoms. The van der Waals surface area contributed by atoms with E-state index in [1.807, 2.05) is 0 Å². The lowest BCUT2D eigenvalue weighted by Crippen LogP contribution is -2.22. The van der Waals surface area contributed by atoms with Gasteiger partial charge < -0.3 is 4.89 Å². The van der Waals surface area contributed by atoms with Crippen LogP contribution in [-0.2, 0) is 17.4 Å². The Labute approximate surface area is 104 Å². The molecule has 1 atom stereocenters. The lowest BCUT2D eigenvalue weighted by molar-refractivity contribution is -0.132. The van der Waals surface area contributed by atoms with Crippen LogP contribution in [0.3, 0.4) is 0 Å². The van der Waals surface area contributed by atoms with Gasteiger partial charge in [-0.2, -0.15) is 26.3 Å². The number of benzene rings is 1. The van der Waals surface area contributed by atoms with E-state index >= 15 is 0 Å². The summed E-state index contributed by atoms with van der Waals surface area (Å²) in [6, 6.07) is 2.85. The maximum Gasteiger partial charge on any atom is 0.393 e. The summed E-state index contributed by atoms with van der Waals surface area (Å²) < 4.78 is 84.8. The average molecular weight is 306 g/mol. The summed E-state index contributed by atoms with van der Waals surface area (Å²) in [5.41, 5.74) is -1.39. The van der Waals surface area contributed by atoms with E-state index < -0.39 is 49.7 Å². The van der Waals surface area contributed by atoms with E-state index in [0.717, 1.165) is 18.2 Å². The van der Waals surface area contributed by atoms with Crippen molar-refractivity contribution in [2.24, 2.45) is 0 Å². The van der Waals surface area contributed by atoms with E-state index in [2.05, 4.69) is 0 Å². The molecule has 1 rings (SSSR count). The molecule has 0 spiro atoms. The largest absolute Gasteiger partial charge is 0.393 e. The molecule has 1 N–H and O–H groups in total. The standard InChI is InChI=1S/C10H9F6O2P/c11-9(12,13)4-6-2-1-3-8(19(17)18)7(6)5-10(14,15)16/h1-3,19H,4-5H2,(H,17,18). The van der Waals surface area contributed by atoms with Crippen molar-refractivity contribution in [1.82, 2.24) is 0 Å². The van der Waals surface area contributed by atoms with E-state index in [-0.39, 0.29) is 0 Å². The van der Waals surface area contributed by atoms with E-state index in [1.54, 1.807) is 0 Å². The average Bonchev–Trinajstić information content (AvgIpc) is 2.15. The molecule has 0 saturated heterocycles. The molecule has 1 aromatic rings. The maximum absolute atomic E-state index is 12.3. The van der Waals surface area contributed by atoms with Gasteiger partial charge in [0.25, 0.3) is 0 Å². The predicted molar refractivity (Wildman–Crippen MR) is 56.8 cm³/mol. The monoisotopic (exact) mass is 306 g/mol. The Morgan fingerprint density at radius 3 is 1.95 bits per heavy atom. The van der Waals surface area contributed by atoms with Gasteiger partial charge in [-0.25, -0.2) is 0 Å². The van der Waals surface area contributed by atoms with E-state index in [9.17, 15) is 30.9 Å². The Kier molecular flexibility index (Phi) is 4.68. The molecule has 0 amide bonds. The minimum Gasteiger partial charge on any atom is -0.343 e. The van der Waals surface area contributed by atoms with Gasteiger partial charge in [0.05, 0.1) is 12.8 Å². The van der Waals surface area contributed by atoms with Gasteiger partial charge in [-0.3, -0.25) is 4.57 Å². The van der Waals surface area contributed by atoms with Crippen LogP contribution in [0.2, 0.25) is 0 Å². The summed E-state index contributed by atoms with van der Waals surface area (Å²) in [6.45, 7) is 0. The zero-order valence-electron chi connectivity index (χ0n) is 9.27. The first kappa shape index (κ1) is 16.0. The van der Waals surface area contributed by atoms with Crippen molar-refractivity contribution in [1.29, 1.82) is 0 Å². The molecule has 19 heavy (non-hydrogen) atoms. The highest BCUT2D eigenvalue weighted by atomic mass is 31.1. The van der Waals surface area contributed by atoms with Gasteiger partial charge in [0.1, 0.15) is 0 Å². The first-order valence-electron chi connectivity index (χ1n) is 4.97. The molecular weight excluding hydrogens is 297 g/mol. The minimum atomic E-state index is -4.76. The van der Waals surface area contributed by atoms with Crippen molar-refractivity contribution in [3.63, 3.8) is 0 Å². The van der Waals surface area contributed by atoms with Gasteiger partial charge in [-0.1, -0.05) is 12.1 Å².